The van der Waals surface area contributed by atoms with Crippen LogP contribution in [0.25, 0.3) is 0 Å². The van der Waals surface area contributed by atoms with Gasteiger partial charge in [0.15, 0.2) is 5.11 Å². The van der Waals surface area contributed by atoms with Crippen LogP contribution in [0.15, 0.2) is 36.4 Å². The number of nitrogens with two attached hydrogens (primary N) is 2. The molecule has 240 valence electrons. The molecule has 5 rings (SSSR count). The number of alkyl halides is 3. The summed E-state index contributed by atoms with van der Waals surface area (Å²) < 4.78 is 60.2. The minimum Gasteiger partial charge on any atom is -0.377 e. The van der Waals surface area contributed by atoms with Crippen molar-refractivity contribution in [1.82, 2.24) is 10.3 Å². The monoisotopic (exact) mass is 627 g/mol. The van der Waals surface area contributed by atoms with Gasteiger partial charge in [0, 0.05) is 76.9 Å². The largest absolute Gasteiger partial charge is 0.416 e. The second-order valence-corrected chi connectivity index (χ2v) is 11.0. The number of hydrogen-bond donors (Lipinski definition) is 3. The number of hydrogen-bond acceptors (Lipinski definition) is 7. The van der Waals surface area contributed by atoms with Gasteiger partial charge in [-0.15, -0.1) is 0 Å². The Morgan fingerprint density at radius 3 is 2.09 bits per heavy atom. The lowest BCUT2D eigenvalue weighted by atomic mass is 10.1. The molecule has 8 nitrogen and oxygen atoms in total. The third-order valence-electron chi connectivity index (χ3n) is 7.77. The van der Waals surface area contributed by atoms with Gasteiger partial charge in [0.05, 0.1) is 17.4 Å². The number of aryl methyl sites for hydroxylation is 1. The number of hydrazine groups is 1. The minimum atomic E-state index is -4.37. The average Bonchev–Trinajstić information content (AvgIpc) is 3.52. The van der Waals surface area contributed by atoms with Gasteiger partial charge in [-0.05, 0) is 67.9 Å². The molecule has 2 aromatic carbocycles. The lowest BCUT2D eigenvalue weighted by molar-refractivity contribution is -0.137. The van der Waals surface area contributed by atoms with Crippen LogP contribution in [-0.2, 0) is 10.9 Å². The summed E-state index contributed by atoms with van der Waals surface area (Å²) in [5.74, 6) is 4.41. The van der Waals surface area contributed by atoms with Crippen molar-refractivity contribution in [2.24, 2.45) is 11.6 Å². The fraction of sp³-hybridized carbons (Fsp3) is 0.567. The molecule has 0 amide bonds. The number of nitrogens with one attached hydrogen (secondary N) is 1. The van der Waals surface area contributed by atoms with Gasteiger partial charge in [-0.1, -0.05) is 19.9 Å². The first kappa shape index (κ1) is 34.6. The second kappa shape index (κ2) is 16.3. The second-order valence-electron chi connectivity index (χ2n) is 10.5. The Morgan fingerprint density at radius 1 is 0.953 bits per heavy atom. The fourth-order valence-electron chi connectivity index (χ4n) is 5.57. The highest BCUT2D eigenvalue weighted by molar-refractivity contribution is 7.80. The van der Waals surface area contributed by atoms with Gasteiger partial charge in [-0.3, -0.25) is 4.90 Å². The van der Waals surface area contributed by atoms with Crippen molar-refractivity contribution in [3.63, 3.8) is 0 Å². The van der Waals surface area contributed by atoms with E-state index in [1.807, 2.05) is 42.1 Å². The van der Waals surface area contributed by atoms with Crippen molar-refractivity contribution in [3.8, 4) is 0 Å². The van der Waals surface area contributed by atoms with E-state index >= 15 is 4.39 Å². The summed E-state index contributed by atoms with van der Waals surface area (Å²) >= 11 is 4.24. The zero-order chi connectivity index (χ0) is 31.6. The van der Waals surface area contributed by atoms with Crippen LogP contribution in [0, 0.1) is 12.7 Å². The molecule has 3 aliphatic rings. The van der Waals surface area contributed by atoms with Gasteiger partial charge >= 0.3 is 6.18 Å². The van der Waals surface area contributed by atoms with Gasteiger partial charge in [0.25, 0.3) is 0 Å². The summed E-state index contributed by atoms with van der Waals surface area (Å²) in [4.78, 5) is 8.74. The minimum absolute atomic E-state index is 0.116. The molecular weight excluding hydrogens is 582 g/mol. The number of piperazine rings is 2. The first-order valence-electron chi connectivity index (χ1n) is 14.9. The van der Waals surface area contributed by atoms with Crippen molar-refractivity contribution in [1.29, 1.82) is 0 Å². The van der Waals surface area contributed by atoms with E-state index in [2.05, 4.69) is 27.9 Å². The summed E-state index contributed by atoms with van der Waals surface area (Å²) in [5, 5.41) is 0.116. The molecule has 3 aliphatic heterocycles. The smallest absolute Gasteiger partial charge is 0.377 e. The molecule has 1 atom stereocenters. The number of halogens is 4. The van der Waals surface area contributed by atoms with Crippen molar-refractivity contribution in [3.05, 3.63) is 53.3 Å². The van der Waals surface area contributed by atoms with Crippen molar-refractivity contribution < 1.29 is 22.3 Å². The molecule has 5 N–H and O–H groups in total. The normalized spacial score (nSPS) is 19.3. The van der Waals surface area contributed by atoms with Gasteiger partial charge in [0.1, 0.15) is 5.82 Å². The van der Waals surface area contributed by atoms with Crippen LogP contribution >= 0.6 is 12.2 Å². The SMILES string of the molecule is CC.Cc1cc(F)c(N2CCN(c3cccc(C(F)(F)F)c3)CC2)cc1N1CCN(CC2CCCO2)CC1.NNC(N)=S. The Labute approximate surface area is 257 Å². The third-order valence-corrected chi connectivity index (χ3v) is 7.88. The topological polar surface area (TPSA) is 86.3 Å². The van der Waals surface area contributed by atoms with Crippen molar-refractivity contribution >= 4 is 34.4 Å². The highest BCUT2D eigenvalue weighted by Crippen LogP contribution is 2.34. The van der Waals surface area contributed by atoms with Gasteiger partial charge < -0.3 is 30.6 Å². The lowest BCUT2D eigenvalue weighted by Crippen LogP contribution is -2.49. The number of benzene rings is 2. The molecule has 0 radical (unpaired) electrons. The van der Waals surface area contributed by atoms with Crippen molar-refractivity contribution in [2.45, 2.75) is 45.9 Å². The molecule has 0 saturated carbocycles. The van der Waals surface area contributed by atoms with E-state index in [0.29, 0.717) is 43.7 Å². The Bertz CT molecular complexity index is 1160. The first-order valence-corrected chi connectivity index (χ1v) is 15.3. The van der Waals surface area contributed by atoms with E-state index in [4.69, 9.17) is 10.5 Å². The maximum Gasteiger partial charge on any atom is 0.416 e. The molecule has 0 aromatic heterocycles. The molecule has 43 heavy (non-hydrogen) atoms. The molecule has 3 heterocycles. The highest BCUT2D eigenvalue weighted by atomic mass is 32.1. The van der Waals surface area contributed by atoms with E-state index in [1.54, 1.807) is 12.1 Å². The van der Waals surface area contributed by atoms with Gasteiger partial charge in [-0.2, -0.15) is 13.2 Å². The number of nitrogens with zero attached hydrogens (tertiary/aromatic N) is 4. The molecular formula is C30H45F4N7OS. The van der Waals surface area contributed by atoms with E-state index in [0.717, 1.165) is 69.5 Å². The molecule has 3 fully saturated rings. The first-order chi connectivity index (χ1) is 20.5. The average molecular weight is 628 g/mol. The predicted molar refractivity (Wildman–Crippen MR) is 170 cm³/mol. The van der Waals surface area contributed by atoms with Crippen LogP contribution in [0.5, 0.6) is 0 Å². The maximum absolute atomic E-state index is 15.1. The molecule has 2 aromatic rings. The van der Waals surface area contributed by atoms with Gasteiger partial charge in [-0.25, -0.2) is 10.2 Å². The summed E-state index contributed by atoms with van der Waals surface area (Å²) in [5.41, 5.74) is 9.28. The Balaban J connectivity index is 0.000000657. The van der Waals surface area contributed by atoms with E-state index in [-0.39, 0.29) is 10.9 Å². The van der Waals surface area contributed by atoms with Crippen LogP contribution in [0.2, 0.25) is 0 Å². The van der Waals surface area contributed by atoms with E-state index in [1.165, 1.54) is 12.1 Å². The van der Waals surface area contributed by atoms with Crippen LogP contribution in [0.4, 0.5) is 34.6 Å². The number of anilines is 3. The number of ether oxygens (including phenoxy) is 1. The summed E-state index contributed by atoms with van der Waals surface area (Å²) in [6.07, 6.45) is -1.72. The molecule has 0 aliphatic carbocycles. The molecule has 0 spiro atoms. The molecule has 3 saturated heterocycles. The zero-order valence-electron chi connectivity index (χ0n) is 25.3. The Morgan fingerprint density at radius 2 is 1.53 bits per heavy atom. The van der Waals surface area contributed by atoms with Gasteiger partial charge in [0.2, 0.25) is 0 Å². The molecule has 13 heteroatoms. The summed E-state index contributed by atoms with van der Waals surface area (Å²) in [6, 6.07) is 9.00. The van der Waals surface area contributed by atoms with Crippen LogP contribution in [-0.4, -0.2) is 81.6 Å². The summed E-state index contributed by atoms with van der Waals surface area (Å²) in [6.45, 7) is 13.7. The summed E-state index contributed by atoms with van der Waals surface area (Å²) in [7, 11) is 0. The molecule has 0 bridgehead atoms. The predicted octanol–water partition coefficient (Wildman–Crippen LogP) is 4.50. The highest BCUT2D eigenvalue weighted by Gasteiger charge is 2.31. The van der Waals surface area contributed by atoms with Crippen molar-refractivity contribution in [2.75, 3.05) is 80.2 Å². The van der Waals surface area contributed by atoms with E-state index < -0.39 is 11.7 Å². The molecule has 1 unspecified atom stereocenters. The lowest BCUT2D eigenvalue weighted by Gasteiger charge is -2.40. The van der Waals surface area contributed by atoms with Crippen LogP contribution < -0.4 is 31.7 Å². The fourth-order valence-corrected chi connectivity index (χ4v) is 5.57. The Kier molecular flexibility index (Phi) is 13.1. The zero-order valence-corrected chi connectivity index (χ0v) is 26.1. The van der Waals surface area contributed by atoms with Crippen LogP contribution in [0.3, 0.4) is 0 Å². The Hall–Kier alpha value is -2.87. The number of thiocarbonyl (C=S) groups is 1. The third kappa shape index (κ3) is 9.82. The van der Waals surface area contributed by atoms with Crippen LogP contribution in [0.1, 0.15) is 37.8 Å². The quantitative estimate of drug-likeness (QED) is 0.192. The number of rotatable bonds is 5. The standard InChI is InChI=1S/C27H34F4N4O.C2H6.CH5N3S/c1-20-16-24(28)26(18-25(20)34-9-7-32(8-10-34)19-23-6-3-15-36-23)35-13-11-33(12-14-35)22-5-2-4-21(17-22)27(29,30)31;1-2;2-1(5)4-3/h2,4-5,16-18,23H,3,6-15,19H2,1H3;1-2H3;3H2,(H3,2,4,5). The van der Waals surface area contributed by atoms with E-state index in [9.17, 15) is 13.2 Å². The maximum atomic E-state index is 15.1.